The van der Waals surface area contributed by atoms with Crippen LogP contribution in [0.15, 0.2) is 36.6 Å². The summed E-state index contributed by atoms with van der Waals surface area (Å²) in [7, 11) is 0. The highest BCUT2D eigenvalue weighted by molar-refractivity contribution is 5.19. The molecule has 0 unspecified atom stereocenters. The minimum atomic E-state index is -0.834. The number of halogens is 1. The Bertz CT molecular complexity index is 159. The number of ether oxygens (including phenoxy) is 1. The van der Waals surface area contributed by atoms with Gasteiger partial charge in [0.25, 0.3) is 0 Å². The van der Waals surface area contributed by atoms with Gasteiger partial charge in [0.15, 0.2) is 0 Å². The van der Waals surface area contributed by atoms with Crippen LogP contribution in [0.5, 0.6) is 0 Å². The second kappa shape index (κ2) is 4.79. The van der Waals surface area contributed by atoms with Crippen LogP contribution in [0.4, 0.5) is 4.39 Å². The summed E-state index contributed by atoms with van der Waals surface area (Å²) in [6.07, 6.45) is 3.28. The number of rotatable bonds is 4. The number of hydrogen-bond acceptors (Lipinski definition) is 1. The Kier molecular flexibility index (Phi) is 4.29. The van der Waals surface area contributed by atoms with Crippen molar-refractivity contribution in [1.29, 1.82) is 0 Å². The third-order valence-corrected chi connectivity index (χ3v) is 0.794. The van der Waals surface area contributed by atoms with E-state index in [-0.39, 0.29) is 0 Å². The Hall–Kier alpha value is -1.05. The van der Waals surface area contributed by atoms with Crippen molar-refractivity contribution in [3.05, 3.63) is 36.6 Å². The first-order chi connectivity index (χ1) is 4.66. The van der Waals surface area contributed by atoms with Crippen molar-refractivity contribution in [3.8, 4) is 0 Å². The second-order valence-electron chi connectivity index (χ2n) is 1.90. The zero-order valence-corrected chi connectivity index (χ0v) is 6.06. The fourth-order valence-electron chi connectivity index (χ4n) is 0.353. The summed E-state index contributed by atoms with van der Waals surface area (Å²) < 4.78 is 15.8. The van der Waals surface area contributed by atoms with Crippen molar-refractivity contribution in [2.75, 3.05) is 6.86 Å². The summed E-state index contributed by atoms with van der Waals surface area (Å²) >= 11 is 0. The molecular formula is C8H11FO. The molecule has 0 N–H and O–H groups in total. The van der Waals surface area contributed by atoms with Crippen molar-refractivity contribution in [2.45, 2.75) is 6.92 Å². The van der Waals surface area contributed by atoms with Crippen molar-refractivity contribution >= 4 is 0 Å². The molecule has 56 valence electrons. The van der Waals surface area contributed by atoms with Gasteiger partial charge in [-0.3, -0.25) is 0 Å². The van der Waals surface area contributed by atoms with Gasteiger partial charge in [0, 0.05) is 0 Å². The third kappa shape index (κ3) is 5.09. The number of hydrogen-bond donors (Lipinski definition) is 0. The minimum absolute atomic E-state index is 0.311. The van der Waals surface area contributed by atoms with Gasteiger partial charge in [-0.2, -0.15) is 0 Å². The summed E-state index contributed by atoms with van der Waals surface area (Å²) in [4.78, 5) is 0. The molecule has 0 rings (SSSR count). The molecule has 0 fully saturated rings. The number of alkyl halides is 1. The van der Waals surface area contributed by atoms with Crippen LogP contribution in [0, 0.1) is 0 Å². The van der Waals surface area contributed by atoms with Gasteiger partial charge in [-0.25, -0.2) is 4.39 Å². The lowest BCUT2D eigenvalue weighted by Gasteiger charge is -1.96. The lowest BCUT2D eigenvalue weighted by Crippen LogP contribution is -1.83. The molecule has 0 amide bonds. The van der Waals surface area contributed by atoms with Crippen LogP contribution in [0.3, 0.4) is 0 Å². The van der Waals surface area contributed by atoms with E-state index in [4.69, 9.17) is 0 Å². The predicted octanol–water partition coefficient (Wildman–Crippen LogP) is 2.58. The van der Waals surface area contributed by atoms with Crippen LogP contribution in [0.2, 0.25) is 0 Å². The highest BCUT2D eigenvalue weighted by Crippen LogP contribution is 1.98. The molecule has 2 heteroatoms. The average Bonchev–Trinajstić information content (AvgIpc) is 1.85. The summed E-state index contributed by atoms with van der Waals surface area (Å²) in [5, 5.41) is 0. The van der Waals surface area contributed by atoms with Gasteiger partial charge in [-0.05, 0) is 13.0 Å². The Balaban J connectivity index is 3.67. The molecule has 0 aliphatic carbocycles. The molecule has 0 aromatic heterocycles. The zero-order chi connectivity index (χ0) is 7.98. The monoisotopic (exact) mass is 142 g/mol. The lowest BCUT2D eigenvalue weighted by atomic mass is 10.3. The molecule has 0 spiro atoms. The van der Waals surface area contributed by atoms with Gasteiger partial charge < -0.3 is 4.74 Å². The maximum Gasteiger partial charge on any atom is 0.228 e. The molecule has 1 nitrogen and oxygen atoms in total. The average molecular weight is 142 g/mol. The standard InChI is InChI=1S/C8H11FO/c1-7(2)4-5-8(3)10-6-9/h4-5H,1,3,6H2,2H3/b5-4-. The van der Waals surface area contributed by atoms with E-state index in [1.807, 2.05) is 6.92 Å². The van der Waals surface area contributed by atoms with Crippen molar-refractivity contribution in [1.82, 2.24) is 0 Å². The van der Waals surface area contributed by atoms with Crippen LogP contribution in [0.25, 0.3) is 0 Å². The highest BCUT2D eigenvalue weighted by atomic mass is 19.1. The SMILES string of the molecule is C=C(C)/C=C\C(=C)OCF. The van der Waals surface area contributed by atoms with Crippen LogP contribution >= 0.6 is 0 Å². The quantitative estimate of drug-likeness (QED) is 0.433. The summed E-state index contributed by atoms with van der Waals surface area (Å²) in [6.45, 7) is 8.03. The van der Waals surface area contributed by atoms with Crippen molar-refractivity contribution in [3.63, 3.8) is 0 Å². The van der Waals surface area contributed by atoms with E-state index < -0.39 is 6.86 Å². The first-order valence-corrected chi connectivity index (χ1v) is 2.88. The van der Waals surface area contributed by atoms with Crippen molar-refractivity contribution < 1.29 is 9.13 Å². The molecule has 0 radical (unpaired) electrons. The molecule has 0 aliphatic heterocycles. The van der Waals surface area contributed by atoms with E-state index in [9.17, 15) is 4.39 Å². The Morgan fingerprint density at radius 2 is 2.10 bits per heavy atom. The highest BCUT2D eigenvalue weighted by Gasteiger charge is 1.84. The van der Waals surface area contributed by atoms with Crippen LogP contribution in [-0.2, 0) is 4.74 Å². The van der Waals surface area contributed by atoms with E-state index in [1.54, 1.807) is 12.2 Å². The molecule has 0 aromatic carbocycles. The van der Waals surface area contributed by atoms with Gasteiger partial charge in [0.1, 0.15) is 5.76 Å². The topological polar surface area (TPSA) is 9.23 Å². The van der Waals surface area contributed by atoms with E-state index >= 15 is 0 Å². The lowest BCUT2D eigenvalue weighted by molar-refractivity contribution is 0.125. The Morgan fingerprint density at radius 3 is 2.50 bits per heavy atom. The van der Waals surface area contributed by atoms with Gasteiger partial charge >= 0.3 is 0 Å². The molecule has 10 heavy (non-hydrogen) atoms. The molecule has 0 atom stereocenters. The molecule has 0 saturated carbocycles. The Labute approximate surface area is 60.5 Å². The van der Waals surface area contributed by atoms with Gasteiger partial charge in [0.05, 0.1) is 0 Å². The summed E-state index contributed by atoms with van der Waals surface area (Å²) in [5.41, 5.74) is 0.878. The van der Waals surface area contributed by atoms with E-state index in [2.05, 4.69) is 17.9 Å². The maximum absolute atomic E-state index is 11.4. The zero-order valence-electron chi connectivity index (χ0n) is 6.06. The second-order valence-corrected chi connectivity index (χ2v) is 1.90. The molecular weight excluding hydrogens is 131 g/mol. The smallest absolute Gasteiger partial charge is 0.228 e. The van der Waals surface area contributed by atoms with Crippen molar-refractivity contribution in [2.24, 2.45) is 0 Å². The largest absolute Gasteiger partial charge is 0.464 e. The normalized spacial score (nSPS) is 9.80. The van der Waals surface area contributed by atoms with Crippen LogP contribution in [-0.4, -0.2) is 6.86 Å². The first-order valence-electron chi connectivity index (χ1n) is 2.88. The summed E-state index contributed by atoms with van der Waals surface area (Å²) in [5.74, 6) is 0.311. The van der Waals surface area contributed by atoms with Crippen LogP contribution < -0.4 is 0 Å². The van der Waals surface area contributed by atoms with Gasteiger partial charge in [-0.1, -0.05) is 24.8 Å². The third-order valence-electron chi connectivity index (χ3n) is 0.794. The maximum atomic E-state index is 11.4. The van der Waals surface area contributed by atoms with E-state index in [0.717, 1.165) is 5.57 Å². The molecule has 0 bridgehead atoms. The summed E-state index contributed by atoms with van der Waals surface area (Å²) in [6, 6.07) is 0. The molecule has 0 heterocycles. The van der Waals surface area contributed by atoms with E-state index in [1.165, 1.54) is 0 Å². The fraction of sp³-hybridized carbons (Fsp3) is 0.250. The van der Waals surface area contributed by atoms with E-state index in [0.29, 0.717) is 5.76 Å². The van der Waals surface area contributed by atoms with Crippen LogP contribution in [0.1, 0.15) is 6.92 Å². The first kappa shape index (κ1) is 8.95. The Morgan fingerprint density at radius 1 is 1.50 bits per heavy atom. The molecule has 0 aliphatic rings. The van der Waals surface area contributed by atoms with Gasteiger partial charge in [-0.15, -0.1) is 0 Å². The fourth-order valence-corrected chi connectivity index (χ4v) is 0.353. The molecule has 0 saturated heterocycles. The number of allylic oxidation sites excluding steroid dienone is 3. The van der Waals surface area contributed by atoms with Gasteiger partial charge in [0.2, 0.25) is 6.86 Å². The predicted molar refractivity (Wildman–Crippen MR) is 40.2 cm³/mol. The minimum Gasteiger partial charge on any atom is -0.464 e. The molecule has 0 aromatic rings.